The van der Waals surface area contributed by atoms with Gasteiger partial charge in [0.25, 0.3) is 0 Å². The van der Waals surface area contributed by atoms with Crippen molar-refractivity contribution in [1.82, 2.24) is 4.90 Å². The van der Waals surface area contributed by atoms with Gasteiger partial charge in [-0.1, -0.05) is 78.7 Å². The largest absolute Gasteiger partial charge is 0.324 e. The zero-order valence-corrected chi connectivity index (χ0v) is 25.5. The molecule has 2 bridgehead atoms. The van der Waals surface area contributed by atoms with Gasteiger partial charge in [0, 0.05) is 24.0 Å². The second-order valence-corrected chi connectivity index (χ2v) is 8.65. The Hall–Kier alpha value is -1.70. The molecule has 2 saturated heterocycles. The number of hydrogen-bond donors (Lipinski definition) is 1. The fourth-order valence-corrected chi connectivity index (χ4v) is 3.91. The fourth-order valence-electron chi connectivity index (χ4n) is 3.91. The summed E-state index contributed by atoms with van der Waals surface area (Å²) in [6, 6.07) is 1.94. The highest BCUT2D eigenvalue weighted by Crippen LogP contribution is 2.35. The molecule has 2 nitrogen and oxygen atoms in total. The molecule has 2 heterocycles. The van der Waals surface area contributed by atoms with Crippen molar-refractivity contribution in [3.05, 3.63) is 48.4 Å². The first-order chi connectivity index (χ1) is 17.1. The van der Waals surface area contributed by atoms with Gasteiger partial charge in [0.2, 0.25) is 0 Å². The predicted octanol–water partition coefficient (Wildman–Crippen LogP) is 9.45. The Balaban J connectivity index is -0.000000198. The van der Waals surface area contributed by atoms with Gasteiger partial charge in [0.05, 0.1) is 0 Å². The third kappa shape index (κ3) is 18.6. The number of rotatable bonds is 3. The molecule has 4 atom stereocenters. The van der Waals surface area contributed by atoms with E-state index in [0.717, 1.165) is 17.7 Å². The highest BCUT2D eigenvalue weighted by atomic mass is 19.1. The highest BCUT2D eigenvalue weighted by molar-refractivity contribution is 5.24. The maximum atomic E-state index is 12.9. The summed E-state index contributed by atoms with van der Waals surface area (Å²) in [5.41, 5.74) is 7.22. The van der Waals surface area contributed by atoms with E-state index in [2.05, 4.69) is 45.2 Å². The van der Waals surface area contributed by atoms with E-state index in [-0.39, 0.29) is 23.7 Å². The zero-order valence-electron chi connectivity index (χ0n) is 25.5. The van der Waals surface area contributed by atoms with Gasteiger partial charge >= 0.3 is 0 Å². The SMILES string of the molecule is C#C.C/C=C(\C)C(N)C1C=CC(F)=CC1C.C=CC(C)F.CC.CC.CCC.CN1C2CCC1CC2. The van der Waals surface area contributed by atoms with E-state index < -0.39 is 6.17 Å². The molecule has 0 aromatic rings. The smallest absolute Gasteiger partial charge is 0.119 e. The second-order valence-electron chi connectivity index (χ2n) is 8.65. The van der Waals surface area contributed by atoms with Crippen molar-refractivity contribution in [2.45, 2.75) is 126 Å². The summed E-state index contributed by atoms with van der Waals surface area (Å²) in [5.74, 6) is 0.231. The van der Waals surface area contributed by atoms with E-state index in [9.17, 15) is 8.78 Å². The molecule has 0 saturated carbocycles. The molecule has 36 heavy (non-hydrogen) atoms. The number of hydrogen-bond acceptors (Lipinski definition) is 2. The number of nitrogens with two attached hydrogens (primary N) is 1. The highest BCUT2D eigenvalue weighted by Gasteiger charge is 2.36. The van der Waals surface area contributed by atoms with Crippen LogP contribution in [0.25, 0.3) is 0 Å². The summed E-state index contributed by atoms with van der Waals surface area (Å²) in [5, 5.41) is 0. The van der Waals surface area contributed by atoms with Crippen LogP contribution in [0.5, 0.6) is 0 Å². The van der Waals surface area contributed by atoms with Crippen LogP contribution >= 0.6 is 0 Å². The summed E-state index contributed by atoms with van der Waals surface area (Å²) < 4.78 is 24.2. The molecule has 4 heteroatoms. The number of halogens is 2. The molecule has 0 aromatic carbocycles. The lowest BCUT2D eigenvalue weighted by Crippen LogP contribution is -2.34. The van der Waals surface area contributed by atoms with Gasteiger partial charge in [-0.25, -0.2) is 8.78 Å². The van der Waals surface area contributed by atoms with Gasteiger partial charge in [-0.15, -0.1) is 19.4 Å². The van der Waals surface area contributed by atoms with Gasteiger partial charge in [-0.2, -0.15) is 0 Å². The summed E-state index contributed by atoms with van der Waals surface area (Å²) in [6.45, 7) is 22.9. The van der Waals surface area contributed by atoms with Gasteiger partial charge in [-0.05, 0) is 71.6 Å². The molecule has 2 N–H and O–H groups in total. The van der Waals surface area contributed by atoms with Gasteiger partial charge in [-0.3, -0.25) is 0 Å². The van der Waals surface area contributed by atoms with E-state index in [1.807, 2.05) is 60.6 Å². The lowest BCUT2D eigenvalue weighted by Gasteiger charge is -2.27. The number of fused-ring (bicyclic) bond motifs is 2. The van der Waals surface area contributed by atoms with E-state index >= 15 is 0 Å². The third-order valence-corrected chi connectivity index (χ3v) is 6.05. The monoisotopic (exact) mass is 510 g/mol. The molecular formula is C32H60F2N2. The molecule has 2 aliphatic heterocycles. The van der Waals surface area contributed by atoms with Crippen LogP contribution in [0.15, 0.2) is 48.4 Å². The first-order valence-electron chi connectivity index (χ1n) is 13.9. The lowest BCUT2D eigenvalue weighted by molar-refractivity contribution is 0.314. The fraction of sp³-hybridized carbons (Fsp3) is 0.688. The maximum absolute atomic E-state index is 12.9. The predicted molar refractivity (Wildman–Crippen MR) is 162 cm³/mol. The minimum absolute atomic E-state index is 0.00407. The van der Waals surface area contributed by atoms with Gasteiger partial charge < -0.3 is 10.6 Å². The van der Waals surface area contributed by atoms with Crippen LogP contribution in [0, 0.1) is 24.7 Å². The first-order valence-corrected chi connectivity index (χ1v) is 13.9. The summed E-state index contributed by atoms with van der Waals surface area (Å²) in [4.78, 5) is 2.56. The molecular weight excluding hydrogens is 450 g/mol. The average Bonchev–Trinajstić information content (AvgIpc) is 3.44. The van der Waals surface area contributed by atoms with Crippen molar-refractivity contribution < 1.29 is 8.78 Å². The molecule has 1 aliphatic carbocycles. The van der Waals surface area contributed by atoms with E-state index in [1.54, 1.807) is 6.08 Å². The topological polar surface area (TPSA) is 29.3 Å². The summed E-state index contributed by atoms with van der Waals surface area (Å²) >= 11 is 0. The van der Waals surface area contributed by atoms with E-state index in [0.29, 0.717) is 0 Å². The molecule has 2 fully saturated rings. The molecule has 0 aromatic heterocycles. The van der Waals surface area contributed by atoms with Gasteiger partial charge in [0.15, 0.2) is 0 Å². The molecule has 212 valence electrons. The van der Waals surface area contributed by atoms with Crippen LogP contribution in [0.1, 0.15) is 101 Å². The third-order valence-electron chi connectivity index (χ3n) is 6.05. The van der Waals surface area contributed by atoms with Gasteiger partial charge in [0.1, 0.15) is 12.0 Å². The molecule has 0 amide bonds. The van der Waals surface area contributed by atoms with Crippen molar-refractivity contribution in [3.63, 3.8) is 0 Å². The van der Waals surface area contributed by atoms with Crippen molar-refractivity contribution >= 4 is 0 Å². The number of alkyl halides is 1. The van der Waals surface area contributed by atoms with Crippen LogP contribution in [-0.2, 0) is 0 Å². The Morgan fingerprint density at radius 1 is 1.14 bits per heavy atom. The molecule has 0 spiro atoms. The Labute approximate surface area is 225 Å². The van der Waals surface area contributed by atoms with Crippen LogP contribution in [0.4, 0.5) is 8.78 Å². The van der Waals surface area contributed by atoms with Crippen molar-refractivity contribution in [2.24, 2.45) is 17.6 Å². The quantitative estimate of drug-likeness (QED) is 0.302. The normalized spacial score (nSPS) is 24.8. The summed E-state index contributed by atoms with van der Waals surface area (Å²) in [7, 11) is 2.27. The Bertz CT molecular complexity index is 585. The minimum Gasteiger partial charge on any atom is -0.324 e. The molecule has 3 aliphatic rings. The van der Waals surface area contributed by atoms with Crippen LogP contribution in [0.2, 0.25) is 0 Å². The summed E-state index contributed by atoms with van der Waals surface area (Å²) in [6.07, 6.45) is 22.6. The maximum Gasteiger partial charge on any atom is 0.119 e. The molecule has 4 unspecified atom stereocenters. The van der Waals surface area contributed by atoms with Crippen molar-refractivity contribution in [3.8, 4) is 12.8 Å². The number of nitrogens with zero attached hydrogens (tertiary/aromatic N) is 1. The standard InChI is InChI=1S/C12H18FN.C7H13N.C4H7F.C3H8.2C2H6.C2H2/c1-4-8(2)12(14)11-6-5-10(13)7-9(11)3;1-8-6-2-3-7(8)5-4-6;1-3-4(2)5;1-3-2;3*1-2/h4-7,9,11-12H,14H2,1-3H3;6-7H,2-5H2,1H3;3-4H,1H2,2H3;3H2,1-2H3;2*1-2H3;1-2H/b8-4+;;;;;;. The Kier molecular flexibility index (Phi) is 32.1. The Morgan fingerprint density at radius 2 is 1.50 bits per heavy atom. The van der Waals surface area contributed by atoms with Crippen LogP contribution < -0.4 is 5.73 Å². The molecule has 0 radical (unpaired) electrons. The minimum atomic E-state index is -0.852. The average molecular weight is 511 g/mol. The lowest BCUT2D eigenvalue weighted by atomic mass is 9.81. The van der Waals surface area contributed by atoms with Crippen LogP contribution in [-0.4, -0.2) is 36.2 Å². The number of terminal acetylenes is 1. The van der Waals surface area contributed by atoms with Crippen molar-refractivity contribution in [2.75, 3.05) is 7.05 Å². The Morgan fingerprint density at radius 3 is 1.72 bits per heavy atom. The first kappa shape index (κ1) is 41.4. The zero-order chi connectivity index (χ0) is 29.3. The number of allylic oxidation sites excluding steroid dienone is 5. The van der Waals surface area contributed by atoms with Crippen molar-refractivity contribution in [1.29, 1.82) is 0 Å². The second kappa shape index (κ2) is 27.9. The molecule has 3 rings (SSSR count). The van der Waals surface area contributed by atoms with E-state index in [4.69, 9.17) is 5.73 Å². The van der Waals surface area contributed by atoms with E-state index in [1.165, 1.54) is 51.2 Å². The van der Waals surface area contributed by atoms with Crippen LogP contribution in [0.3, 0.4) is 0 Å².